The molecule has 0 aliphatic rings. The van der Waals surface area contributed by atoms with E-state index in [0.717, 1.165) is 11.2 Å². The van der Waals surface area contributed by atoms with Gasteiger partial charge in [0.05, 0.1) is 0 Å². The fourth-order valence-electron chi connectivity index (χ4n) is 3.73. The van der Waals surface area contributed by atoms with E-state index in [4.69, 9.17) is 4.42 Å². The number of hydrogen-bond acceptors (Lipinski definition) is 2. The predicted octanol–water partition coefficient (Wildman–Crippen LogP) is 7.11. The average molecular weight is 324 g/mol. The van der Waals surface area contributed by atoms with Crippen LogP contribution in [0.4, 0.5) is 0 Å². The van der Waals surface area contributed by atoms with Crippen LogP contribution in [0.2, 0.25) is 0 Å². The highest BCUT2D eigenvalue weighted by atomic mass is 32.1. The van der Waals surface area contributed by atoms with Crippen LogP contribution in [0.1, 0.15) is 0 Å². The van der Waals surface area contributed by atoms with E-state index in [2.05, 4.69) is 60.7 Å². The average Bonchev–Trinajstić information content (AvgIpc) is 3.18. The van der Waals surface area contributed by atoms with Crippen LogP contribution in [-0.4, -0.2) is 0 Å². The zero-order valence-corrected chi connectivity index (χ0v) is 13.6. The number of hydrogen-bond donors (Lipinski definition) is 0. The molecule has 112 valence electrons. The minimum absolute atomic E-state index is 0.954. The minimum Gasteiger partial charge on any atom is -0.455 e. The van der Waals surface area contributed by atoms with Crippen molar-refractivity contribution in [1.29, 1.82) is 0 Å². The smallest absolute Gasteiger partial charge is 0.143 e. The number of thiophene rings is 1. The molecule has 2 aromatic heterocycles. The lowest BCUT2D eigenvalue weighted by molar-refractivity contribution is 0.673. The maximum absolute atomic E-state index is 6.21. The number of rotatable bonds is 0. The van der Waals surface area contributed by atoms with E-state index in [0.29, 0.717) is 0 Å². The van der Waals surface area contributed by atoms with Gasteiger partial charge in [0, 0.05) is 36.3 Å². The Bertz CT molecular complexity index is 1400. The number of fused-ring (bicyclic) bond motifs is 8. The molecule has 2 heteroatoms. The van der Waals surface area contributed by atoms with E-state index in [-0.39, 0.29) is 0 Å². The highest BCUT2D eigenvalue weighted by Gasteiger charge is 2.12. The summed E-state index contributed by atoms with van der Waals surface area (Å²) in [6.45, 7) is 0. The first-order chi connectivity index (χ1) is 11.9. The Labute approximate surface area is 141 Å². The van der Waals surface area contributed by atoms with Gasteiger partial charge in [-0.1, -0.05) is 42.5 Å². The quantitative estimate of drug-likeness (QED) is 0.290. The molecule has 0 saturated heterocycles. The molecule has 0 atom stereocenters. The van der Waals surface area contributed by atoms with E-state index in [1.807, 2.05) is 23.5 Å². The second-order valence-corrected chi connectivity index (χ2v) is 7.29. The SMILES string of the molecule is c1ccc2c(c1)oc1c3cc4c(cc3ccc21)sc1ccccc14. The Morgan fingerprint density at radius 1 is 0.583 bits per heavy atom. The van der Waals surface area contributed by atoms with E-state index in [1.54, 1.807) is 0 Å². The lowest BCUT2D eigenvalue weighted by Gasteiger charge is -2.00. The van der Waals surface area contributed by atoms with Gasteiger partial charge in [-0.3, -0.25) is 0 Å². The topological polar surface area (TPSA) is 13.1 Å². The lowest BCUT2D eigenvalue weighted by Crippen LogP contribution is -1.74. The molecule has 0 bridgehead atoms. The maximum Gasteiger partial charge on any atom is 0.143 e. The minimum atomic E-state index is 0.954. The summed E-state index contributed by atoms with van der Waals surface area (Å²) in [7, 11) is 0. The lowest BCUT2D eigenvalue weighted by atomic mass is 10.0. The van der Waals surface area contributed by atoms with Crippen LogP contribution in [0.15, 0.2) is 77.2 Å². The van der Waals surface area contributed by atoms with Crippen LogP contribution < -0.4 is 0 Å². The number of furan rings is 1. The Balaban J connectivity index is 1.87. The number of benzene rings is 4. The van der Waals surface area contributed by atoms with Crippen LogP contribution >= 0.6 is 11.3 Å². The highest BCUT2D eigenvalue weighted by molar-refractivity contribution is 7.25. The molecule has 0 unspecified atom stereocenters. The Morgan fingerprint density at radius 2 is 1.42 bits per heavy atom. The van der Waals surface area contributed by atoms with Gasteiger partial charge in [0.2, 0.25) is 0 Å². The molecule has 0 N–H and O–H groups in total. The molecule has 0 radical (unpaired) electrons. The van der Waals surface area contributed by atoms with Crippen LogP contribution in [0.3, 0.4) is 0 Å². The molecule has 4 aromatic carbocycles. The molecule has 6 aromatic rings. The van der Waals surface area contributed by atoms with Crippen molar-refractivity contribution in [2.24, 2.45) is 0 Å². The normalized spacial score (nSPS) is 12.2. The molecule has 0 aliphatic carbocycles. The Morgan fingerprint density at radius 3 is 2.38 bits per heavy atom. The second kappa shape index (κ2) is 4.37. The third-order valence-electron chi connectivity index (χ3n) is 4.86. The van der Waals surface area contributed by atoms with Crippen molar-refractivity contribution in [3.63, 3.8) is 0 Å². The Hall–Kier alpha value is -2.84. The molecular weight excluding hydrogens is 312 g/mol. The van der Waals surface area contributed by atoms with Crippen molar-refractivity contribution in [2.75, 3.05) is 0 Å². The van der Waals surface area contributed by atoms with E-state index in [1.165, 1.54) is 41.7 Å². The second-order valence-electron chi connectivity index (χ2n) is 6.21. The van der Waals surface area contributed by atoms with Crippen LogP contribution in [0.5, 0.6) is 0 Å². The maximum atomic E-state index is 6.21. The zero-order chi connectivity index (χ0) is 15.7. The van der Waals surface area contributed by atoms with Gasteiger partial charge < -0.3 is 4.42 Å². The summed E-state index contributed by atoms with van der Waals surface area (Å²) in [6, 6.07) is 25.9. The van der Waals surface area contributed by atoms with Crippen LogP contribution in [0, 0.1) is 0 Å². The van der Waals surface area contributed by atoms with E-state index in [9.17, 15) is 0 Å². The third-order valence-corrected chi connectivity index (χ3v) is 5.99. The van der Waals surface area contributed by atoms with Crippen molar-refractivity contribution in [2.45, 2.75) is 0 Å². The van der Waals surface area contributed by atoms with Crippen LogP contribution in [-0.2, 0) is 0 Å². The fourth-order valence-corrected chi connectivity index (χ4v) is 4.86. The molecule has 6 rings (SSSR count). The Kier molecular flexibility index (Phi) is 2.29. The largest absolute Gasteiger partial charge is 0.455 e. The monoisotopic (exact) mass is 324 g/mol. The predicted molar refractivity (Wildman–Crippen MR) is 104 cm³/mol. The van der Waals surface area contributed by atoms with Gasteiger partial charge in [0.1, 0.15) is 11.2 Å². The molecule has 0 spiro atoms. The fraction of sp³-hybridized carbons (Fsp3) is 0. The summed E-state index contributed by atoms with van der Waals surface area (Å²) in [6.07, 6.45) is 0. The summed E-state index contributed by atoms with van der Waals surface area (Å²) in [5.74, 6) is 0. The zero-order valence-electron chi connectivity index (χ0n) is 12.7. The van der Waals surface area contributed by atoms with Crippen molar-refractivity contribution in [3.05, 3.63) is 72.8 Å². The molecular formula is C22H12OS. The van der Waals surface area contributed by atoms with Crippen LogP contribution in [0.25, 0.3) is 52.9 Å². The van der Waals surface area contributed by atoms with E-state index >= 15 is 0 Å². The molecule has 1 nitrogen and oxygen atoms in total. The molecule has 0 fully saturated rings. The van der Waals surface area contributed by atoms with Crippen molar-refractivity contribution in [1.82, 2.24) is 0 Å². The van der Waals surface area contributed by atoms with Gasteiger partial charge in [-0.2, -0.15) is 0 Å². The van der Waals surface area contributed by atoms with E-state index < -0.39 is 0 Å². The molecule has 24 heavy (non-hydrogen) atoms. The third kappa shape index (κ3) is 1.53. The highest BCUT2D eigenvalue weighted by Crippen LogP contribution is 2.40. The number of para-hydroxylation sites is 1. The summed E-state index contributed by atoms with van der Waals surface area (Å²) < 4.78 is 8.88. The van der Waals surface area contributed by atoms with Gasteiger partial charge in [-0.05, 0) is 35.7 Å². The molecule has 0 aliphatic heterocycles. The first-order valence-corrected chi connectivity index (χ1v) is 8.85. The standard InChI is InChI=1S/C22H12OS/c1-3-7-19-14(5-1)16-10-9-13-11-21-18(12-17(13)22(16)23-19)15-6-2-4-8-20(15)24-21/h1-12H. The molecule has 2 heterocycles. The summed E-state index contributed by atoms with van der Waals surface area (Å²) in [5.41, 5.74) is 1.95. The van der Waals surface area contributed by atoms with Gasteiger partial charge in [-0.25, -0.2) is 0 Å². The van der Waals surface area contributed by atoms with Crippen molar-refractivity contribution in [3.8, 4) is 0 Å². The molecule has 0 amide bonds. The van der Waals surface area contributed by atoms with Gasteiger partial charge >= 0.3 is 0 Å². The first-order valence-electron chi connectivity index (χ1n) is 8.04. The summed E-state index contributed by atoms with van der Waals surface area (Å²) in [4.78, 5) is 0. The van der Waals surface area contributed by atoms with Crippen molar-refractivity contribution < 1.29 is 4.42 Å². The van der Waals surface area contributed by atoms with Gasteiger partial charge in [-0.15, -0.1) is 11.3 Å². The van der Waals surface area contributed by atoms with Gasteiger partial charge in [0.15, 0.2) is 0 Å². The molecule has 0 saturated carbocycles. The van der Waals surface area contributed by atoms with Gasteiger partial charge in [0.25, 0.3) is 0 Å². The summed E-state index contributed by atoms with van der Waals surface area (Å²) >= 11 is 1.86. The van der Waals surface area contributed by atoms with Crippen molar-refractivity contribution >= 4 is 64.2 Å². The summed E-state index contributed by atoms with van der Waals surface area (Å²) in [5, 5.41) is 7.45. The first kappa shape index (κ1) is 12.6.